The second kappa shape index (κ2) is 10.1. The topological polar surface area (TPSA) is 49.4 Å². The first kappa shape index (κ1) is 17.2. The maximum absolute atomic E-state index is 3.97. The Morgan fingerprint density at radius 3 is 1.53 bits per heavy atom. The SMILES string of the molecule is C.CC1=CN=NC1.CC1=NC=CC1.CC1=NC=CC1. The zero-order chi connectivity index (χ0) is 13.2. The van der Waals surface area contributed by atoms with Gasteiger partial charge in [0, 0.05) is 42.9 Å². The van der Waals surface area contributed by atoms with Gasteiger partial charge in [-0.2, -0.15) is 10.2 Å². The Labute approximate surface area is 116 Å². The van der Waals surface area contributed by atoms with Crippen LogP contribution in [0.25, 0.3) is 0 Å². The molecule has 0 bridgehead atoms. The van der Waals surface area contributed by atoms with Crippen LogP contribution in [0.1, 0.15) is 41.0 Å². The van der Waals surface area contributed by atoms with Crippen LogP contribution in [0.2, 0.25) is 0 Å². The summed E-state index contributed by atoms with van der Waals surface area (Å²) in [5.74, 6) is 0. The molecule has 19 heavy (non-hydrogen) atoms. The van der Waals surface area contributed by atoms with Gasteiger partial charge in [-0.05, 0) is 26.3 Å². The van der Waals surface area contributed by atoms with E-state index < -0.39 is 0 Å². The number of nitrogens with zero attached hydrogens (tertiary/aromatic N) is 4. The van der Waals surface area contributed by atoms with Crippen LogP contribution in [0.4, 0.5) is 0 Å². The third kappa shape index (κ3) is 8.83. The number of allylic oxidation sites excluding steroid dienone is 2. The molecule has 0 atom stereocenters. The molecule has 0 N–H and O–H groups in total. The fourth-order valence-corrected chi connectivity index (χ4v) is 1.24. The molecular formula is C15H24N4. The molecule has 0 aromatic carbocycles. The Balaban J connectivity index is 0.000000249. The number of hydrogen-bond acceptors (Lipinski definition) is 4. The van der Waals surface area contributed by atoms with E-state index in [2.05, 4.69) is 32.4 Å². The van der Waals surface area contributed by atoms with Gasteiger partial charge in [0.15, 0.2) is 0 Å². The van der Waals surface area contributed by atoms with Gasteiger partial charge in [0.1, 0.15) is 0 Å². The molecule has 0 saturated heterocycles. The van der Waals surface area contributed by atoms with Gasteiger partial charge >= 0.3 is 0 Å². The van der Waals surface area contributed by atoms with Crippen LogP contribution < -0.4 is 0 Å². The Morgan fingerprint density at radius 1 is 0.895 bits per heavy atom. The normalized spacial score (nSPS) is 17.5. The van der Waals surface area contributed by atoms with Crippen molar-refractivity contribution in [2.75, 3.05) is 6.54 Å². The predicted molar refractivity (Wildman–Crippen MR) is 83.9 cm³/mol. The molecule has 4 heteroatoms. The van der Waals surface area contributed by atoms with Gasteiger partial charge in [-0.25, -0.2) is 0 Å². The van der Waals surface area contributed by atoms with Crippen molar-refractivity contribution in [1.82, 2.24) is 0 Å². The van der Waals surface area contributed by atoms with E-state index in [1.54, 1.807) is 6.20 Å². The predicted octanol–water partition coefficient (Wildman–Crippen LogP) is 4.72. The van der Waals surface area contributed by atoms with Crippen LogP contribution in [-0.2, 0) is 0 Å². The summed E-state index contributed by atoms with van der Waals surface area (Å²) in [6.07, 6.45) is 11.7. The third-order valence-corrected chi connectivity index (χ3v) is 2.31. The van der Waals surface area contributed by atoms with E-state index in [4.69, 9.17) is 0 Å². The standard InChI is InChI=1S/2C5H7N.C4H6N2.CH4/c2*1-5-3-2-4-6-5;1-4-2-5-6-3-4;/h2*2,4H,3H2,1H3;2H,3H2,1H3;1H4. The van der Waals surface area contributed by atoms with Crippen molar-refractivity contribution in [1.29, 1.82) is 0 Å². The van der Waals surface area contributed by atoms with Gasteiger partial charge in [-0.1, -0.05) is 19.6 Å². The lowest BCUT2D eigenvalue weighted by atomic mass is 10.3. The van der Waals surface area contributed by atoms with Crippen molar-refractivity contribution in [2.24, 2.45) is 20.2 Å². The minimum atomic E-state index is 0. The minimum absolute atomic E-state index is 0. The molecule has 104 valence electrons. The van der Waals surface area contributed by atoms with Crippen LogP contribution in [0.5, 0.6) is 0 Å². The zero-order valence-corrected chi connectivity index (χ0v) is 11.3. The highest BCUT2D eigenvalue weighted by Crippen LogP contribution is 2.00. The van der Waals surface area contributed by atoms with E-state index >= 15 is 0 Å². The van der Waals surface area contributed by atoms with Crippen molar-refractivity contribution < 1.29 is 0 Å². The average molecular weight is 260 g/mol. The maximum atomic E-state index is 3.97. The van der Waals surface area contributed by atoms with Gasteiger partial charge in [0.05, 0.1) is 6.54 Å². The molecule has 4 nitrogen and oxygen atoms in total. The molecule has 3 heterocycles. The molecule has 0 aromatic heterocycles. The molecule has 0 fully saturated rings. The number of hydrogen-bond donors (Lipinski definition) is 0. The lowest BCUT2D eigenvalue weighted by Gasteiger charge is -1.76. The second-order valence-electron chi connectivity index (χ2n) is 4.30. The van der Waals surface area contributed by atoms with Crippen LogP contribution >= 0.6 is 0 Å². The summed E-state index contributed by atoms with van der Waals surface area (Å²) < 4.78 is 0. The summed E-state index contributed by atoms with van der Waals surface area (Å²) >= 11 is 0. The highest BCUT2D eigenvalue weighted by atomic mass is 15.1. The Morgan fingerprint density at radius 2 is 1.42 bits per heavy atom. The quantitative estimate of drug-likeness (QED) is 0.605. The Hall–Kier alpha value is -1.84. The summed E-state index contributed by atoms with van der Waals surface area (Å²) in [5.41, 5.74) is 3.68. The molecule has 0 spiro atoms. The van der Waals surface area contributed by atoms with Gasteiger partial charge in [-0.15, -0.1) is 0 Å². The molecule has 0 radical (unpaired) electrons. The van der Waals surface area contributed by atoms with Crippen molar-refractivity contribution in [3.63, 3.8) is 0 Å². The number of azo groups is 1. The first-order valence-corrected chi connectivity index (χ1v) is 6.07. The Kier molecular flexibility index (Phi) is 9.14. The van der Waals surface area contributed by atoms with Crippen molar-refractivity contribution in [2.45, 2.75) is 41.0 Å². The number of aliphatic imine (C=N–C) groups is 2. The lowest BCUT2D eigenvalue weighted by Crippen LogP contribution is -1.78. The largest absolute Gasteiger partial charge is 0.266 e. The maximum Gasteiger partial charge on any atom is 0.0829 e. The molecule has 0 aromatic rings. The summed E-state index contributed by atoms with van der Waals surface area (Å²) in [6, 6.07) is 0. The zero-order valence-electron chi connectivity index (χ0n) is 11.3. The molecule has 3 rings (SSSR count). The molecule has 0 saturated carbocycles. The lowest BCUT2D eigenvalue weighted by molar-refractivity contribution is 1.10. The van der Waals surface area contributed by atoms with Gasteiger partial charge in [0.25, 0.3) is 0 Å². The third-order valence-electron chi connectivity index (χ3n) is 2.31. The molecule has 3 aliphatic heterocycles. The van der Waals surface area contributed by atoms with Gasteiger partial charge in [-0.3, -0.25) is 9.98 Å². The molecule has 0 unspecified atom stereocenters. The van der Waals surface area contributed by atoms with Crippen LogP contribution in [-0.4, -0.2) is 18.0 Å². The summed E-state index contributed by atoms with van der Waals surface area (Å²) in [7, 11) is 0. The van der Waals surface area contributed by atoms with Crippen LogP contribution in [0, 0.1) is 0 Å². The Bertz CT molecular complexity index is 370. The summed E-state index contributed by atoms with van der Waals surface area (Å²) in [4.78, 5) is 7.94. The smallest absolute Gasteiger partial charge is 0.0829 e. The molecule has 0 aliphatic carbocycles. The van der Waals surface area contributed by atoms with Gasteiger partial charge < -0.3 is 0 Å². The fraction of sp³-hybridized carbons (Fsp3) is 0.467. The molecule has 0 amide bonds. The first-order chi connectivity index (χ1) is 8.68. The monoisotopic (exact) mass is 260 g/mol. The first-order valence-electron chi connectivity index (χ1n) is 6.07. The van der Waals surface area contributed by atoms with E-state index in [-0.39, 0.29) is 7.43 Å². The average Bonchev–Trinajstić information content (AvgIpc) is 3.05. The van der Waals surface area contributed by atoms with Crippen LogP contribution in [0.3, 0.4) is 0 Å². The fourth-order valence-electron chi connectivity index (χ4n) is 1.24. The van der Waals surface area contributed by atoms with Crippen molar-refractivity contribution in [3.8, 4) is 0 Å². The van der Waals surface area contributed by atoms with Crippen molar-refractivity contribution >= 4 is 11.4 Å². The van der Waals surface area contributed by atoms with E-state index in [0.717, 1.165) is 19.4 Å². The molecular weight excluding hydrogens is 236 g/mol. The summed E-state index contributed by atoms with van der Waals surface area (Å²) in [6.45, 7) is 6.88. The van der Waals surface area contributed by atoms with Gasteiger partial charge in [0.2, 0.25) is 0 Å². The highest BCUT2D eigenvalue weighted by molar-refractivity contribution is 5.85. The second-order valence-corrected chi connectivity index (χ2v) is 4.30. The highest BCUT2D eigenvalue weighted by Gasteiger charge is 1.89. The minimum Gasteiger partial charge on any atom is -0.266 e. The van der Waals surface area contributed by atoms with E-state index in [0.29, 0.717) is 0 Å². The summed E-state index contributed by atoms with van der Waals surface area (Å²) in [5, 5.41) is 7.32. The van der Waals surface area contributed by atoms with E-state index in [1.807, 2.05) is 33.2 Å². The van der Waals surface area contributed by atoms with E-state index in [1.165, 1.54) is 17.0 Å². The van der Waals surface area contributed by atoms with E-state index in [9.17, 15) is 0 Å². The number of rotatable bonds is 0. The van der Waals surface area contributed by atoms with Crippen LogP contribution in [0.15, 0.2) is 56.5 Å². The molecule has 3 aliphatic rings. The van der Waals surface area contributed by atoms with Crippen molar-refractivity contribution in [3.05, 3.63) is 36.3 Å².